The Kier molecular flexibility index (Phi) is 6.62. The van der Waals surface area contributed by atoms with Gasteiger partial charge < -0.3 is 5.32 Å². The Bertz CT molecular complexity index is 1240. The molecular formula is C22H19N5O3S2. The molecule has 32 heavy (non-hydrogen) atoms. The molecule has 0 atom stereocenters. The van der Waals surface area contributed by atoms with Crippen LogP contribution in [0.1, 0.15) is 11.1 Å². The first-order valence-electron chi connectivity index (χ1n) is 9.70. The Morgan fingerprint density at radius 2 is 1.97 bits per heavy atom. The first-order valence-corrected chi connectivity index (χ1v) is 11.6. The topological polar surface area (TPSA) is 103 Å². The number of nitrogens with zero attached hydrogens (tertiary/aromatic N) is 4. The maximum atomic E-state index is 12.5. The Labute approximate surface area is 192 Å². The third-order valence-electron chi connectivity index (χ3n) is 4.67. The van der Waals surface area contributed by atoms with Gasteiger partial charge in [0.15, 0.2) is 11.0 Å². The summed E-state index contributed by atoms with van der Waals surface area (Å²) in [6.07, 6.45) is 0. The number of thiophene rings is 1. The zero-order chi connectivity index (χ0) is 22.5. The number of carbonyl (C=O) groups is 1. The van der Waals surface area contributed by atoms with E-state index in [-0.39, 0.29) is 17.3 Å². The van der Waals surface area contributed by atoms with E-state index in [2.05, 4.69) is 15.5 Å². The van der Waals surface area contributed by atoms with Crippen LogP contribution in [0.15, 0.2) is 71.2 Å². The van der Waals surface area contributed by atoms with Gasteiger partial charge in [-0.15, -0.1) is 21.5 Å². The zero-order valence-electron chi connectivity index (χ0n) is 17.1. The highest BCUT2D eigenvalue weighted by Crippen LogP contribution is 2.28. The lowest BCUT2D eigenvalue weighted by Crippen LogP contribution is -2.15. The molecule has 2 aromatic heterocycles. The molecule has 0 saturated heterocycles. The fraction of sp³-hybridized carbons (Fsp3) is 0.136. The van der Waals surface area contributed by atoms with Crippen LogP contribution in [-0.4, -0.2) is 31.3 Å². The van der Waals surface area contributed by atoms with Crippen molar-refractivity contribution in [2.24, 2.45) is 0 Å². The van der Waals surface area contributed by atoms with Crippen LogP contribution in [0.25, 0.3) is 10.7 Å². The van der Waals surface area contributed by atoms with E-state index in [1.165, 1.54) is 23.9 Å². The molecule has 0 fully saturated rings. The summed E-state index contributed by atoms with van der Waals surface area (Å²) in [5, 5.41) is 25.0. The molecule has 1 amide bonds. The first-order chi connectivity index (χ1) is 15.5. The molecule has 162 valence electrons. The van der Waals surface area contributed by atoms with E-state index in [1.807, 2.05) is 52.4 Å². The zero-order valence-corrected chi connectivity index (χ0v) is 18.7. The van der Waals surface area contributed by atoms with E-state index in [9.17, 15) is 14.9 Å². The highest BCUT2D eigenvalue weighted by atomic mass is 32.2. The standard InChI is InChI=1S/C22H19N5O3S2/c1-15-12-17(27(29)30)9-10-18(15)23-20(28)14-32-22-25-24-21(19-8-5-11-31-19)26(22)13-16-6-3-2-4-7-16/h2-12H,13-14H2,1H3,(H,23,28). The van der Waals surface area contributed by atoms with E-state index in [0.717, 1.165) is 16.3 Å². The highest BCUT2D eigenvalue weighted by molar-refractivity contribution is 7.99. The normalized spacial score (nSPS) is 10.8. The highest BCUT2D eigenvalue weighted by Gasteiger charge is 2.17. The van der Waals surface area contributed by atoms with Gasteiger partial charge in [-0.2, -0.15) is 0 Å². The molecule has 0 unspecified atom stereocenters. The SMILES string of the molecule is Cc1cc([N+](=O)[O-])ccc1NC(=O)CSc1nnc(-c2cccs2)n1Cc1ccccc1. The summed E-state index contributed by atoms with van der Waals surface area (Å²) in [4.78, 5) is 24.0. The quantitative estimate of drug-likeness (QED) is 0.223. The molecule has 0 bridgehead atoms. The summed E-state index contributed by atoms with van der Waals surface area (Å²) < 4.78 is 2.01. The Morgan fingerprint density at radius 3 is 2.66 bits per heavy atom. The van der Waals surface area contributed by atoms with Gasteiger partial charge in [-0.25, -0.2) is 0 Å². The summed E-state index contributed by atoms with van der Waals surface area (Å²) in [7, 11) is 0. The Morgan fingerprint density at radius 1 is 1.16 bits per heavy atom. The van der Waals surface area contributed by atoms with Gasteiger partial charge in [0.1, 0.15) is 0 Å². The second kappa shape index (κ2) is 9.75. The fourth-order valence-corrected chi connectivity index (χ4v) is 4.57. The van der Waals surface area contributed by atoms with Crippen molar-refractivity contribution in [1.29, 1.82) is 0 Å². The summed E-state index contributed by atoms with van der Waals surface area (Å²) in [5.41, 5.74) is 2.28. The number of rotatable bonds is 8. The molecule has 1 N–H and O–H groups in total. The molecule has 2 heterocycles. The Hall–Kier alpha value is -3.50. The smallest absolute Gasteiger partial charge is 0.269 e. The number of carbonyl (C=O) groups excluding carboxylic acids is 1. The van der Waals surface area contributed by atoms with E-state index < -0.39 is 4.92 Å². The molecule has 10 heteroatoms. The average Bonchev–Trinajstić information content (AvgIpc) is 3.44. The van der Waals surface area contributed by atoms with Gasteiger partial charge in [0.25, 0.3) is 5.69 Å². The van der Waals surface area contributed by atoms with E-state index in [4.69, 9.17) is 0 Å². The molecule has 0 saturated carbocycles. The van der Waals surface area contributed by atoms with Crippen molar-refractivity contribution in [3.8, 4) is 10.7 Å². The summed E-state index contributed by atoms with van der Waals surface area (Å²) in [6.45, 7) is 2.31. The lowest BCUT2D eigenvalue weighted by Gasteiger charge is -2.10. The van der Waals surface area contributed by atoms with Crippen molar-refractivity contribution >= 4 is 40.4 Å². The summed E-state index contributed by atoms with van der Waals surface area (Å²) >= 11 is 2.88. The van der Waals surface area contributed by atoms with Crippen molar-refractivity contribution in [2.75, 3.05) is 11.1 Å². The van der Waals surface area contributed by atoms with Crippen LogP contribution >= 0.6 is 23.1 Å². The van der Waals surface area contributed by atoms with Crippen molar-refractivity contribution in [2.45, 2.75) is 18.6 Å². The lowest BCUT2D eigenvalue weighted by molar-refractivity contribution is -0.384. The van der Waals surface area contributed by atoms with Gasteiger partial charge in [-0.3, -0.25) is 19.5 Å². The van der Waals surface area contributed by atoms with Crippen molar-refractivity contribution in [1.82, 2.24) is 14.8 Å². The van der Waals surface area contributed by atoms with Crippen LogP contribution in [0.4, 0.5) is 11.4 Å². The third kappa shape index (κ3) is 5.04. The number of aromatic nitrogens is 3. The van der Waals surface area contributed by atoms with Crippen LogP contribution in [-0.2, 0) is 11.3 Å². The Balaban J connectivity index is 1.49. The van der Waals surface area contributed by atoms with Crippen LogP contribution in [0.5, 0.6) is 0 Å². The van der Waals surface area contributed by atoms with Crippen LogP contribution < -0.4 is 5.32 Å². The maximum absolute atomic E-state index is 12.5. The lowest BCUT2D eigenvalue weighted by atomic mass is 10.2. The van der Waals surface area contributed by atoms with E-state index in [0.29, 0.717) is 23.0 Å². The predicted octanol–water partition coefficient (Wildman–Crippen LogP) is 5.00. The van der Waals surface area contributed by atoms with Gasteiger partial charge in [0.05, 0.1) is 22.1 Å². The van der Waals surface area contributed by atoms with Crippen LogP contribution in [0, 0.1) is 17.0 Å². The number of hydrogen-bond donors (Lipinski definition) is 1. The first kappa shape index (κ1) is 21.7. The van der Waals surface area contributed by atoms with Gasteiger partial charge in [0, 0.05) is 17.8 Å². The minimum absolute atomic E-state index is 0.00926. The molecule has 2 aromatic carbocycles. The molecule has 0 aliphatic rings. The second-order valence-electron chi connectivity index (χ2n) is 6.95. The van der Waals surface area contributed by atoms with Gasteiger partial charge >= 0.3 is 0 Å². The number of hydrogen-bond acceptors (Lipinski definition) is 7. The number of non-ortho nitro benzene ring substituents is 1. The minimum atomic E-state index is -0.459. The second-order valence-corrected chi connectivity index (χ2v) is 8.84. The van der Waals surface area contributed by atoms with E-state index >= 15 is 0 Å². The predicted molar refractivity (Wildman–Crippen MR) is 126 cm³/mol. The van der Waals surface area contributed by atoms with E-state index in [1.54, 1.807) is 24.3 Å². The number of thioether (sulfide) groups is 1. The van der Waals surface area contributed by atoms with Crippen molar-refractivity contribution in [3.63, 3.8) is 0 Å². The molecule has 4 aromatic rings. The number of nitro groups is 1. The molecule has 0 spiro atoms. The average molecular weight is 466 g/mol. The summed E-state index contributed by atoms with van der Waals surface area (Å²) in [6, 6.07) is 18.3. The number of anilines is 1. The van der Waals surface area contributed by atoms with Crippen molar-refractivity contribution < 1.29 is 9.72 Å². The van der Waals surface area contributed by atoms with Crippen LogP contribution in [0.3, 0.4) is 0 Å². The van der Waals surface area contributed by atoms with Crippen LogP contribution in [0.2, 0.25) is 0 Å². The molecule has 0 aliphatic carbocycles. The fourth-order valence-electron chi connectivity index (χ4n) is 3.11. The number of aryl methyl sites for hydroxylation is 1. The van der Waals surface area contributed by atoms with Gasteiger partial charge in [-0.1, -0.05) is 48.2 Å². The van der Waals surface area contributed by atoms with Gasteiger partial charge in [0.2, 0.25) is 5.91 Å². The summed E-state index contributed by atoms with van der Waals surface area (Å²) in [5.74, 6) is 0.671. The number of nitro benzene ring substituents is 1. The molecule has 4 rings (SSSR count). The number of amides is 1. The number of nitrogens with one attached hydrogen (secondary N) is 1. The molecule has 0 radical (unpaired) electrons. The minimum Gasteiger partial charge on any atom is -0.325 e. The molecule has 8 nitrogen and oxygen atoms in total. The van der Waals surface area contributed by atoms with Crippen molar-refractivity contribution in [3.05, 3.63) is 87.3 Å². The number of benzene rings is 2. The largest absolute Gasteiger partial charge is 0.325 e. The third-order valence-corrected chi connectivity index (χ3v) is 6.50. The monoisotopic (exact) mass is 465 g/mol. The van der Waals surface area contributed by atoms with Gasteiger partial charge in [-0.05, 0) is 35.6 Å². The molecular weight excluding hydrogens is 446 g/mol. The maximum Gasteiger partial charge on any atom is 0.269 e. The molecule has 0 aliphatic heterocycles.